The van der Waals surface area contributed by atoms with E-state index in [9.17, 15) is 4.79 Å². The van der Waals surface area contributed by atoms with Gasteiger partial charge in [0.05, 0.1) is 0 Å². The maximum atomic E-state index is 12.6. The van der Waals surface area contributed by atoms with E-state index in [1.54, 1.807) is 11.6 Å². The van der Waals surface area contributed by atoms with Gasteiger partial charge in [-0.05, 0) is 103 Å². The van der Waals surface area contributed by atoms with Crippen LogP contribution < -0.4 is 0 Å². The first-order valence-corrected chi connectivity index (χ1v) is 15.8. The molecule has 0 amide bonds. The molecule has 5 rings (SSSR count). The Bertz CT molecular complexity index is 1020. The molecule has 0 bridgehead atoms. The fourth-order valence-corrected chi connectivity index (χ4v) is 9.68. The van der Waals surface area contributed by atoms with Crippen LogP contribution in [0.4, 0.5) is 0 Å². The summed E-state index contributed by atoms with van der Waals surface area (Å²) in [5, 5.41) is 0. The van der Waals surface area contributed by atoms with Gasteiger partial charge in [-0.3, -0.25) is 0 Å². The maximum Gasteiger partial charge on any atom is 0.331 e. The highest BCUT2D eigenvalue weighted by Gasteiger charge is 2.59. The zero-order chi connectivity index (χ0) is 26.9. The van der Waals surface area contributed by atoms with E-state index in [2.05, 4.69) is 40.7 Å². The second kappa shape index (κ2) is 11.3. The van der Waals surface area contributed by atoms with E-state index in [-0.39, 0.29) is 12.1 Å². The first kappa shape index (κ1) is 27.7. The van der Waals surface area contributed by atoms with Crippen molar-refractivity contribution in [2.75, 3.05) is 0 Å². The number of benzene rings is 1. The Morgan fingerprint density at radius 2 is 1.79 bits per heavy atom. The van der Waals surface area contributed by atoms with Crippen molar-refractivity contribution >= 4 is 12.0 Å². The third kappa shape index (κ3) is 5.44. The van der Waals surface area contributed by atoms with Gasteiger partial charge in [0.15, 0.2) is 0 Å². The van der Waals surface area contributed by atoms with Gasteiger partial charge in [-0.1, -0.05) is 95.9 Å². The summed E-state index contributed by atoms with van der Waals surface area (Å²) in [4.78, 5) is 12.6. The van der Waals surface area contributed by atoms with Gasteiger partial charge < -0.3 is 4.74 Å². The molecule has 3 saturated carbocycles. The summed E-state index contributed by atoms with van der Waals surface area (Å²) in [5.41, 5.74) is 3.46. The first-order valence-electron chi connectivity index (χ1n) is 15.8. The molecule has 3 fully saturated rings. The molecule has 38 heavy (non-hydrogen) atoms. The van der Waals surface area contributed by atoms with Crippen LogP contribution in [0, 0.1) is 46.3 Å². The van der Waals surface area contributed by atoms with E-state index in [0.717, 1.165) is 53.9 Å². The zero-order valence-corrected chi connectivity index (χ0v) is 24.8. The van der Waals surface area contributed by atoms with Crippen LogP contribution in [0.2, 0.25) is 0 Å². The molecule has 5 unspecified atom stereocenters. The Hall–Kier alpha value is -1.83. The molecule has 1 aromatic carbocycles. The summed E-state index contributed by atoms with van der Waals surface area (Å²) in [6, 6.07) is 9.99. The fraction of sp³-hybridized carbons (Fsp3) is 0.694. The van der Waals surface area contributed by atoms with Crippen molar-refractivity contribution in [1.82, 2.24) is 0 Å². The Kier molecular flexibility index (Phi) is 8.28. The predicted octanol–water partition coefficient (Wildman–Crippen LogP) is 9.65. The van der Waals surface area contributed by atoms with Crippen molar-refractivity contribution in [3.05, 3.63) is 53.6 Å². The lowest BCUT2D eigenvalue weighted by Crippen LogP contribution is -2.51. The Morgan fingerprint density at radius 3 is 2.55 bits per heavy atom. The number of fused-ring (bicyclic) bond motifs is 5. The summed E-state index contributed by atoms with van der Waals surface area (Å²) in [6.07, 6.45) is 20.3. The van der Waals surface area contributed by atoms with Crippen molar-refractivity contribution in [3.63, 3.8) is 0 Å². The topological polar surface area (TPSA) is 26.3 Å². The summed E-state index contributed by atoms with van der Waals surface area (Å²) in [7, 11) is 0. The quantitative estimate of drug-likeness (QED) is 0.195. The number of ether oxygens (including phenoxy) is 1. The largest absolute Gasteiger partial charge is 0.459 e. The van der Waals surface area contributed by atoms with Crippen LogP contribution in [0.1, 0.15) is 111 Å². The molecule has 2 nitrogen and oxygen atoms in total. The molecule has 8 atom stereocenters. The van der Waals surface area contributed by atoms with Crippen molar-refractivity contribution in [2.45, 2.75) is 111 Å². The lowest BCUT2D eigenvalue weighted by atomic mass is 9.47. The minimum absolute atomic E-state index is 0.0233. The van der Waals surface area contributed by atoms with E-state index < -0.39 is 0 Å². The summed E-state index contributed by atoms with van der Waals surface area (Å²) >= 11 is 0. The number of allylic oxidation sites excluding steroid dienone is 1. The average molecular weight is 517 g/mol. The number of hydrogen-bond acceptors (Lipinski definition) is 2. The van der Waals surface area contributed by atoms with Crippen molar-refractivity contribution in [1.29, 1.82) is 0 Å². The Labute approximate surface area is 232 Å². The third-order valence-electron chi connectivity index (χ3n) is 11.8. The van der Waals surface area contributed by atoms with Gasteiger partial charge in [0.1, 0.15) is 6.10 Å². The average Bonchev–Trinajstić information content (AvgIpc) is 3.25. The van der Waals surface area contributed by atoms with Crippen LogP contribution in [0.5, 0.6) is 0 Å². The first-order chi connectivity index (χ1) is 18.2. The van der Waals surface area contributed by atoms with Crippen LogP contribution in [-0.2, 0) is 9.53 Å². The van der Waals surface area contributed by atoms with Crippen LogP contribution in [-0.4, -0.2) is 12.1 Å². The SMILES string of the molecule is CC(C)CCCC(C)C1CCC2C3CC=C4C[C@@H](OC(=O)C=Cc5ccccc5)CC[C@]4(C)C3CC[C@]12C. The van der Waals surface area contributed by atoms with Gasteiger partial charge >= 0.3 is 5.97 Å². The highest BCUT2D eigenvalue weighted by Crippen LogP contribution is 2.67. The smallest absolute Gasteiger partial charge is 0.331 e. The summed E-state index contributed by atoms with van der Waals surface area (Å²) in [5.74, 6) is 4.97. The lowest BCUT2D eigenvalue weighted by molar-refractivity contribution is -0.145. The molecule has 2 heteroatoms. The number of hydrogen-bond donors (Lipinski definition) is 0. The second-order valence-corrected chi connectivity index (χ2v) is 14.3. The monoisotopic (exact) mass is 516 g/mol. The Morgan fingerprint density at radius 1 is 1.00 bits per heavy atom. The van der Waals surface area contributed by atoms with Gasteiger partial charge in [0, 0.05) is 12.5 Å². The van der Waals surface area contributed by atoms with E-state index in [1.807, 2.05) is 36.4 Å². The van der Waals surface area contributed by atoms with Crippen molar-refractivity contribution in [3.8, 4) is 0 Å². The van der Waals surface area contributed by atoms with Gasteiger partial charge in [0.2, 0.25) is 0 Å². The number of carbonyl (C=O) groups excluding carboxylic acids is 1. The number of rotatable bonds is 8. The number of carbonyl (C=O) groups is 1. The molecular formula is C36H52O2. The highest BCUT2D eigenvalue weighted by atomic mass is 16.5. The molecule has 0 spiro atoms. The fourth-order valence-electron chi connectivity index (χ4n) is 9.68. The second-order valence-electron chi connectivity index (χ2n) is 14.3. The van der Waals surface area contributed by atoms with Crippen LogP contribution in [0.3, 0.4) is 0 Å². The predicted molar refractivity (Wildman–Crippen MR) is 158 cm³/mol. The Balaban J connectivity index is 1.22. The maximum absolute atomic E-state index is 12.6. The minimum atomic E-state index is -0.204. The van der Waals surface area contributed by atoms with Crippen molar-refractivity contribution in [2.24, 2.45) is 46.3 Å². The van der Waals surface area contributed by atoms with E-state index >= 15 is 0 Å². The van der Waals surface area contributed by atoms with E-state index in [4.69, 9.17) is 4.74 Å². The summed E-state index contributed by atoms with van der Waals surface area (Å²) < 4.78 is 5.95. The molecule has 0 N–H and O–H groups in total. The van der Waals surface area contributed by atoms with Crippen LogP contribution in [0.15, 0.2) is 48.1 Å². The van der Waals surface area contributed by atoms with E-state index in [0.29, 0.717) is 10.8 Å². The van der Waals surface area contributed by atoms with Crippen molar-refractivity contribution < 1.29 is 9.53 Å². The van der Waals surface area contributed by atoms with Gasteiger partial charge in [-0.25, -0.2) is 4.79 Å². The molecule has 0 heterocycles. The molecule has 0 aromatic heterocycles. The lowest BCUT2D eigenvalue weighted by Gasteiger charge is -2.58. The summed E-state index contributed by atoms with van der Waals surface area (Å²) in [6.45, 7) is 12.6. The molecule has 0 radical (unpaired) electrons. The molecule has 208 valence electrons. The third-order valence-corrected chi connectivity index (χ3v) is 11.8. The van der Waals surface area contributed by atoms with E-state index in [1.165, 1.54) is 57.8 Å². The minimum Gasteiger partial charge on any atom is -0.459 e. The molecule has 4 aliphatic carbocycles. The van der Waals surface area contributed by atoms with Gasteiger partial charge in [-0.15, -0.1) is 0 Å². The molecule has 4 aliphatic rings. The highest BCUT2D eigenvalue weighted by molar-refractivity contribution is 5.87. The molecule has 0 saturated heterocycles. The zero-order valence-electron chi connectivity index (χ0n) is 24.8. The molecular weight excluding hydrogens is 464 g/mol. The van der Waals surface area contributed by atoms with Gasteiger partial charge in [0.25, 0.3) is 0 Å². The van der Waals surface area contributed by atoms with Gasteiger partial charge in [-0.2, -0.15) is 0 Å². The standard InChI is InChI=1S/C36H52O2/c1-25(2)10-9-11-26(3)31-17-18-32-30-16-15-28-24-29(38-34(37)19-14-27-12-7-6-8-13-27)20-22-35(28,4)33(30)21-23-36(31,32)5/h6-8,12-15,19,25-26,29-33H,9-11,16-18,20-24H2,1-5H3/t26?,29-,30?,31?,32?,33?,35-,36+/m0/s1. The van der Waals surface area contributed by atoms with Crippen LogP contribution in [0.25, 0.3) is 6.08 Å². The van der Waals surface area contributed by atoms with Crippen LogP contribution >= 0.6 is 0 Å². The number of esters is 1. The normalized spacial score (nSPS) is 37.3. The molecule has 1 aromatic rings. The molecule has 0 aliphatic heterocycles.